The minimum absolute atomic E-state index is 0.174. The second kappa shape index (κ2) is 8.95. The Morgan fingerprint density at radius 1 is 1.17 bits per heavy atom. The average molecular weight is 251 g/mol. The summed E-state index contributed by atoms with van der Waals surface area (Å²) in [6, 6.07) is 8.26. The topological polar surface area (TPSA) is 44.5 Å². The lowest BCUT2D eigenvalue weighted by Gasteiger charge is -2.10. The van der Waals surface area contributed by atoms with Crippen molar-refractivity contribution in [1.82, 2.24) is 0 Å². The van der Waals surface area contributed by atoms with Gasteiger partial charge in [-0.15, -0.1) is 0 Å². The lowest BCUT2D eigenvalue weighted by molar-refractivity contribution is 0.113. The van der Waals surface area contributed by atoms with Crippen molar-refractivity contribution in [3.8, 4) is 5.75 Å². The van der Waals surface area contributed by atoms with E-state index >= 15 is 0 Å². The molecule has 1 unspecified atom stereocenters. The van der Waals surface area contributed by atoms with Crippen LogP contribution in [0.5, 0.6) is 5.75 Å². The highest BCUT2D eigenvalue weighted by molar-refractivity contribution is 5.31. The molecule has 0 aliphatic carbocycles. The van der Waals surface area contributed by atoms with Gasteiger partial charge in [-0.05, 0) is 37.8 Å². The van der Waals surface area contributed by atoms with Crippen LogP contribution in [0, 0.1) is 6.92 Å². The third kappa shape index (κ3) is 6.03. The summed E-state index contributed by atoms with van der Waals surface area (Å²) in [6.45, 7) is 6.31. The molecule has 18 heavy (non-hydrogen) atoms. The Balaban J connectivity index is 2.01. The van der Waals surface area contributed by atoms with E-state index in [9.17, 15) is 0 Å². The summed E-state index contributed by atoms with van der Waals surface area (Å²) in [5.74, 6) is 0.978. The molecule has 0 heterocycles. The van der Waals surface area contributed by atoms with Crippen molar-refractivity contribution in [3.05, 3.63) is 29.8 Å². The van der Waals surface area contributed by atoms with Crippen LogP contribution in [0.4, 0.5) is 0 Å². The minimum Gasteiger partial charge on any atom is -0.493 e. The number of benzene rings is 1. The van der Waals surface area contributed by atoms with Gasteiger partial charge in [0.25, 0.3) is 0 Å². The van der Waals surface area contributed by atoms with Gasteiger partial charge < -0.3 is 15.2 Å². The van der Waals surface area contributed by atoms with Crippen molar-refractivity contribution >= 4 is 0 Å². The van der Waals surface area contributed by atoms with Crippen molar-refractivity contribution in [1.29, 1.82) is 0 Å². The predicted octanol–water partition coefficient (Wildman–Crippen LogP) is 2.91. The molecule has 0 aliphatic heterocycles. The lowest BCUT2D eigenvalue weighted by atomic mass is 10.2. The van der Waals surface area contributed by atoms with Crippen LogP contribution in [0.25, 0.3) is 0 Å². The fourth-order valence-electron chi connectivity index (χ4n) is 1.56. The second-order valence-electron chi connectivity index (χ2n) is 4.56. The number of aryl methyl sites for hydroxylation is 1. The van der Waals surface area contributed by atoms with Crippen LogP contribution in [0.15, 0.2) is 24.3 Å². The van der Waals surface area contributed by atoms with E-state index in [1.54, 1.807) is 0 Å². The van der Waals surface area contributed by atoms with E-state index in [0.29, 0.717) is 6.61 Å². The lowest BCUT2D eigenvalue weighted by Crippen LogP contribution is -2.25. The van der Waals surface area contributed by atoms with E-state index in [2.05, 4.69) is 19.9 Å². The van der Waals surface area contributed by atoms with E-state index in [4.69, 9.17) is 15.2 Å². The van der Waals surface area contributed by atoms with Crippen molar-refractivity contribution in [2.24, 2.45) is 5.73 Å². The molecular weight excluding hydrogens is 226 g/mol. The maximum atomic E-state index is 5.76. The Bertz CT molecular complexity index is 328. The van der Waals surface area contributed by atoms with Crippen LogP contribution in [-0.2, 0) is 4.74 Å². The zero-order valence-electron chi connectivity index (χ0n) is 11.5. The van der Waals surface area contributed by atoms with Gasteiger partial charge >= 0.3 is 0 Å². The first kappa shape index (κ1) is 15.0. The van der Waals surface area contributed by atoms with Crippen molar-refractivity contribution < 1.29 is 9.47 Å². The molecule has 0 saturated heterocycles. The molecule has 0 bridgehead atoms. The summed E-state index contributed by atoms with van der Waals surface area (Å²) in [4.78, 5) is 0. The van der Waals surface area contributed by atoms with Gasteiger partial charge in [0.05, 0.1) is 13.2 Å². The largest absolute Gasteiger partial charge is 0.493 e. The van der Waals surface area contributed by atoms with Gasteiger partial charge in [-0.25, -0.2) is 0 Å². The molecule has 0 saturated carbocycles. The summed E-state index contributed by atoms with van der Waals surface area (Å²) in [7, 11) is 0. The Hall–Kier alpha value is -1.06. The molecular formula is C15H25NO2. The molecule has 0 aliphatic rings. The van der Waals surface area contributed by atoms with Crippen molar-refractivity contribution in [2.45, 2.75) is 39.2 Å². The van der Waals surface area contributed by atoms with Crippen LogP contribution in [0.2, 0.25) is 0 Å². The smallest absolute Gasteiger partial charge is 0.122 e. The molecule has 0 amide bonds. The second-order valence-corrected chi connectivity index (χ2v) is 4.56. The highest BCUT2D eigenvalue weighted by Crippen LogP contribution is 2.16. The maximum absolute atomic E-state index is 5.76. The summed E-state index contributed by atoms with van der Waals surface area (Å²) in [5, 5.41) is 0. The molecule has 1 aromatic carbocycles. The number of unbranched alkanes of at least 4 members (excludes halogenated alkanes) is 1. The number of ether oxygens (including phenoxy) is 2. The van der Waals surface area contributed by atoms with Crippen LogP contribution >= 0.6 is 0 Å². The van der Waals surface area contributed by atoms with Crippen LogP contribution < -0.4 is 10.5 Å². The van der Waals surface area contributed by atoms with E-state index in [0.717, 1.165) is 38.2 Å². The molecule has 1 aromatic rings. The van der Waals surface area contributed by atoms with Crippen LogP contribution in [0.3, 0.4) is 0 Å². The molecule has 102 valence electrons. The number of hydrogen-bond donors (Lipinski definition) is 1. The number of rotatable bonds is 9. The fourth-order valence-corrected chi connectivity index (χ4v) is 1.56. The van der Waals surface area contributed by atoms with Gasteiger partial charge in [-0.1, -0.05) is 25.1 Å². The number of hydrogen-bond acceptors (Lipinski definition) is 3. The van der Waals surface area contributed by atoms with Gasteiger partial charge in [-0.3, -0.25) is 0 Å². The standard InChI is InChI=1S/C15H25NO2/c1-3-14(16)12-17-10-6-7-11-18-15-9-5-4-8-13(15)2/h4-5,8-9,14H,3,6-7,10-12,16H2,1-2H3. The number of nitrogens with two attached hydrogens (primary N) is 1. The van der Waals surface area contributed by atoms with Gasteiger partial charge in [-0.2, -0.15) is 0 Å². The maximum Gasteiger partial charge on any atom is 0.122 e. The van der Waals surface area contributed by atoms with Crippen LogP contribution in [0.1, 0.15) is 31.7 Å². The van der Waals surface area contributed by atoms with Gasteiger partial charge in [0, 0.05) is 12.6 Å². The van der Waals surface area contributed by atoms with Crippen LogP contribution in [-0.4, -0.2) is 25.9 Å². The van der Waals surface area contributed by atoms with E-state index in [-0.39, 0.29) is 6.04 Å². The average Bonchev–Trinajstić information content (AvgIpc) is 2.39. The monoisotopic (exact) mass is 251 g/mol. The van der Waals surface area contributed by atoms with Gasteiger partial charge in [0.1, 0.15) is 5.75 Å². The van der Waals surface area contributed by atoms with E-state index < -0.39 is 0 Å². The molecule has 0 aromatic heterocycles. The SMILES string of the molecule is CCC(N)COCCCCOc1ccccc1C. The normalized spacial score (nSPS) is 12.4. The molecule has 0 fully saturated rings. The van der Waals surface area contributed by atoms with E-state index in [1.807, 2.05) is 18.2 Å². The predicted molar refractivity (Wildman–Crippen MR) is 75.0 cm³/mol. The zero-order valence-corrected chi connectivity index (χ0v) is 11.5. The zero-order chi connectivity index (χ0) is 13.2. The Morgan fingerprint density at radius 2 is 1.89 bits per heavy atom. The molecule has 1 atom stereocenters. The van der Waals surface area contributed by atoms with Crippen molar-refractivity contribution in [3.63, 3.8) is 0 Å². The number of para-hydroxylation sites is 1. The summed E-state index contributed by atoms with van der Waals surface area (Å²) in [5.41, 5.74) is 6.94. The Labute approximate surface area is 110 Å². The molecule has 1 rings (SSSR count). The molecule has 3 heteroatoms. The van der Waals surface area contributed by atoms with Gasteiger partial charge in [0.2, 0.25) is 0 Å². The minimum atomic E-state index is 0.174. The molecule has 2 N–H and O–H groups in total. The first-order valence-electron chi connectivity index (χ1n) is 6.75. The fraction of sp³-hybridized carbons (Fsp3) is 0.600. The summed E-state index contributed by atoms with van der Waals surface area (Å²) >= 11 is 0. The molecule has 0 radical (unpaired) electrons. The quantitative estimate of drug-likeness (QED) is 0.686. The third-order valence-corrected chi connectivity index (χ3v) is 2.89. The highest BCUT2D eigenvalue weighted by atomic mass is 16.5. The summed E-state index contributed by atoms with van der Waals surface area (Å²) < 4.78 is 11.2. The Morgan fingerprint density at radius 3 is 2.61 bits per heavy atom. The van der Waals surface area contributed by atoms with Gasteiger partial charge in [0.15, 0.2) is 0 Å². The third-order valence-electron chi connectivity index (χ3n) is 2.89. The van der Waals surface area contributed by atoms with Crippen molar-refractivity contribution in [2.75, 3.05) is 19.8 Å². The van der Waals surface area contributed by atoms with E-state index in [1.165, 1.54) is 5.56 Å². The Kier molecular flexibility index (Phi) is 7.46. The molecule has 3 nitrogen and oxygen atoms in total. The highest BCUT2D eigenvalue weighted by Gasteiger charge is 1.99. The first-order chi connectivity index (χ1) is 8.74. The summed E-state index contributed by atoms with van der Waals surface area (Å²) in [6.07, 6.45) is 2.99. The molecule has 0 spiro atoms. The first-order valence-corrected chi connectivity index (χ1v) is 6.75.